The highest BCUT2D eigenvalue weighted by Gasteiger charge is 2.29. The fourth-order valence-electron chi connectivity index (χ4n) is 2.16. The van der Waals surface area contributed by atoms with Crippen molar-refractivity contribution in [2.75, 3.05) is 6.61 Å². The Kier molecular flexibility index (Phi) is 3.05. The third kappa shape index (κ3) is 2.20. The van der Waals surface area contributed by atoms with E-state index >= 15 is 0 Å². The Balaban J connectivity index is 2.16. The lowest BCUT2D eigenvalue weighted by molar-refractivity contribution is 0.116. The molecule has 2 rings (SSSR count). The minimum atomic E-state index is 0.278. The molecule has 2 heterocycles. The zero-order valence-corrected chi connectivity index (χ0v) is 9.68. The van der Waals surface area contributed by atoms with E-state index in [2.05, 4.69) is 35.5 Å². The molecule has 4 nitrogen and oxygen atoms in total. The molecule has 0 aromatic carbocycles. The van der Waals surface area contributed by atoms with E-state index < -0.39 is 0 Å². The molecule has 1 aliphatic heterocycles. The standard InChI is InChI=1S/C11H19N3O/c1-8(2)6-14-7-12-13-11(14)10-4-5-15-9(10)3/h7-10H,4-6H2,1-3H3. The van der Waals surface area contributed by atoms with E-state index in [1.807, 2.05) is 6.33 Å². The van der Waals surface area contributed by atoms with Crippen molar-refractivity contribution in [2.24, 2.45) is 5.92 Å². The Labute approximate surface area is 90.7 Å². The summed E-state index contributed by atoms with van der Waals surface area (Å²) in [6.45, 7) is 8.37. The molecular formula is C11H19N3O. The molecule has 1 aliphatic rings. The van der Waals surface area contributed by atoms with Crippen LogP contribution >= 0.6 is 0 Å². The predicted molar refractivity (Wildman–Crippen MR) is 57.6 cm³/mol. The van der Waals surface area contributed by atoms with Crippen LogP contribution in [0.3, 0.4) is 0 Å². The molecule has 0 amide bonds. The topological polar surface area (TPSA) is 39.9 Å². The highest BCUT2D eigenvalue weighted by atomic mass is 16.5. The highest BCUT2D eigenvalue weighted by Crippen LogP contribution is 2.29. The monoisotopic (exact) mass is 209 g/mol. The van der Waals surface area contributed by atoms with E-state index in [1.165, 1.54) is 0 Å². The molecular weight excluding hydrogens is 190 g/mol. The van der Waals surface area contributed by atoms with Crippen LogP contribution in [0.5, 0.6) is 0 Å². The van der Waals surface area contributed by atoms with Crippen LogP contribution in [0.2, 0.25) is 0 Å². The van der Waals surface area contributed by atoms with E-state index in [1.54, 1.807) is 0 Å². The molecule has 1 fully saturated rings. The Morgan fingerprint density at radius 1 is 1.60 bits per heavy atom. The van der Waals surface area contributed by atoms with Crippen LogP contribution in [0.4, 0.5) is 0 Å². The molecule has 0 bridgehead atoms. The minimum absolute atomic E-state index is 0.278. The first-order valence-corrected chi connectivity index (χ1v) is 5.67. The first-order valence-electron chi connectivity index (χ1n) is 5.67. The average molecular weight is 209 g/mol. The number of rotatable bonds is 3. The van der Waals surface area contributed by atoms with Crippen LogP contribution in [-0.2, 0) is 11.3 Å². The quantitative estimate of drug-likeness (QED) is 0.762. The van der Waals surface area contributed by atoms with Crippen molar-refractivity contribution in [1.82, 2.24) is 14.8 Å². The maximum Gasteiger partial charge on any atom is 0.138 e. The van der Waals surface area contributed by atoms with Gasteiger partial charge in [-0.05, 0) is 19.3 Å². The van der Waals surface area contributed by atoms with Gasteiger partial charge in [-0.1, -0.05) is 13.8 Å². The molecule has 15 heavy (non-hydrogen) atoms. The molecule has 84 valence electrons. The number of aromatic nitrogens is 3. The van der Waals surface area contributed by atoms with Crippen LogP contribution in [0.1, 0.15) is 38.9 Å². The highest BCUT2D eigenvalue weighted by molar-refractivity contribution is 5.01. The summed E-state index contributed by atoms with van der Waals surface area (Å²) < 4.78 is 7.74. The second-order valence-electron chi connectivity index (χ2n) is 4.71. The average Bonchev–Trinajstić information content (AvgIpc) is 2.73. The molecule has 1 saturated heterocycles. The third-order valence-electron chi connectivity index (χ3n) is 2.92. The van der Waals surface area contributed by atoms with Crippen molar-refractivity contribution in [3.05, 3.63) is 12.2 Å². The zero-order chi connectivity index (χ0) is 10.8. The van der Waals surface area contributed by atoms with Crippen LogP contribution in [-0.4, -0.2) is 27.5 Å². The number of nitrogens with zero attached hydrogens (tertiary/aromatic N) is 3. The minimum Gasteiger partial charge on any atom is -0.378 e. The van der Waals surface area contributed by atoms with E-state index in [9.17, 15) is 0 Å². The van der Waals surface area contributed by atoms with Crippen molar-refractivity contribution < 1.29 is 4.74 Å². The van der Waals surface area contributed by atoms with E-state index in [4.69, 9.17) is 4.74 Å². The number of ether oxygens (including phenoxy) is 1. The third-order valence-corrected chi connectivity index (χ3v) is 2.92. The van der Waals surface area contributed by atoms with Gasteiger partial charge in [0, 0.05) is 19.1 Å². The van der Waals surface area contributed by atoms with E-state index in [0.717, 1.165) is 25.4 Å². The van der Waals surface area contributed by atoms with E-state index in [0.29, 0.717) is 11.8 Å². The van der Waals surface area contributed by atoms with Gasteiger partial charge in [0.1, 0.15) is 12.2 Å². The summed E-state index contributed by atoms with van der Waals surface area (Å²) in [6.07, 6.45) is 3.18. The molecule has 0 N–H and O–H groups in total. The summed E-state index contributed by atoms with van der Waals surface area (Å²) in [5.74, 6) is 2.14. The smallest absolute Gasteiger partial charge is 0.138 e. The molecule has 1 aromatic heterocycles. The summed E-state index contributed by atoms with van der Waals surface area (Å²) in [5, 5.41) is 8.25. The first kappa shape index (κ1) is 10.6. The lowest BCUT2D eigenvalue weighted by atomic mass is 10.0. The van der Waals surface area contributed by atoms with Crippen LogP contribution in [0, 0.1) is 5.92 Å². The van der Waals surface area contributed by atoms with Gasteiger partial charge in [-0.3, -0.25) is 0 Å². The molecule has 2 atom stereocenters. The lowest BCUT2D eigenvalue weighted by Gasteiger charge is -2.15. The van der Waals surface area contributed by atoms with Gasteiger partial charge in [-0.2, -0.15) is 0 Å². The van der Waals surface area contributed by atoms with Crippen molar-refractivity contribution >= 4 is 0 Å². The predicted octanol–water partition coefficient (Wildman–Crippen LogP) is 1.83. The second-order valence-corrected chi connectivity index (χ2v) is 4.71. The Morgan fingerprint density at radius 2 is 2.40 bits per heavy atom. The van der Waals surface area contributed by atoms with Crippen molar-refractivity contribution in [2.45, 2.75) is 45.8 Å². The molecule has 0 radical (unpaired) electrons. The molecule has 0 spiro atoms. The van der Waals surface area contributed by atoms with Gasteiger partial charge in [-0.25, -0.2) is 0 Å². The summed E-state index contributed by atoms with van der Waals surface area (Å²) in [4.78, 5) is 0. The van der Waals surface area contributed by atoms with Gasteiger partial charge >= 0.3 is 0 Å². The van der Waals surface area contributed by atoms with Crippen molar-refractivity contribution in [3.63, 3.8) is 0 Å². The molecule has 2 unspecified atom stereocenters. The largest absolute Gasteiger partial charge is 0.378 e. The molecule has 1 aromatic rings. The maximum absolute atomic E-state index is 5.57. The molecule has 0 aliphatic carbocycles. The fraction of sp³-hybridized carbons (Fsp3) is 0.818. The van der Waals surface area contributed by atoms with Crippen LogP contribution in [0.15, 0.2) is 6.33 Å². The van der Waals surface area contributed by atoms with Crippen LogP contribution < -0.4 is 0 Å². The second kappa shape index (κ2) is 4.31. The van der Waals surface area contributed by atoms with Gasteiger partial charge in [0.2, 0.25) is 0 Å². The number of hydrogen-bond donors (Lipinski definition) is 0. The maximum atomic E-state index is 5.57. The van der Waals surface area contributed by atoms with Gasteiger partial charge in [0.05, 0.1) is 6.10 Å². The SMILES string of the molecule is CC(C)Cn1cnnc1C1CCOC1C. The van der Waals surface area contributed by atoms with Crippen LogP contribution in [0.25, 0.3) is 0 Å². The Hall–Kier alpha value is -0.900. The van der Waals surface area contributed by atoms with Crippen molar-refractivity contribution in [1.29, 1.82) is 0 Å². The van der Waals surface area contributed by atoms with Gasteiger partial charge in [0.15, 0.2) is 0 Å². The normalized spacial score (nSPS) is 26.4. The zero-order valence-electron chi connectivity index (χ0n) is 9.68. The summed E-state index contributed by atoms with van der Waals surface area (Å²) in [6, 6.07) is 0. The first-order chi connectivity index (χ1) is 7.18. The Bertz CT molecular complexity index is 321. The van der Waals surface area contributed by atoms with Gasteiger partial charge < -0.3 is 9.30 Å². The lowest BCUT2D eigenvalue weighted by Crippen LogP contribution is -2.16. The van der Waals surface area contributed by atoms with Gasteiger partial charge in [0.25, 0.3) is 0 Å². The molecule has 4 heteroatoms. The van der Waals surface area contributed by atoms with Gasteiger partial charge in [-0.15, -0.1) is 10.2 Å². The molecule has 0 saturated carbocycles. The van der Waals surface area contributed by atoms with E-state index in [-0.39, 0.29) is 6.10 Å². The summed E-state index contributed by atoms with van der Waals surface area (Å²) in [5.41, 5.74) is 0. The number of hydrogen-bond acceptors (Lipinski definition) is 3. The summed E-state index contributed by atoms with van der Waals surface area (Å²) >= 11 is 0. The fourth-order valence-corrected chi connectivity index (χ4v) is 2.16. The Morgan fingerprint density at radius 3 is 3.00 bits per heavy atom. The van der Waals surface area contributed by atoms with Crippen molar-refractivity contribution in [3.8, 4) is 0 Å². The summed E-state index contributed by atoms with van der Waals surface area (Å²) in [7, 11) is 0.